The molecule has 1 aromatic rings. The first-order valence-electron chi connectivity index (χ1n) is 4.89. The van der Waals surface area contributed by atoms with Gasteiger partial charge in [-0.15, -0.1) is 0 Å². The van der Waals surface area contributed by atoms with E-state index in [0.29, 0.717) is 0 Å². The lowest BCUT2D eigenvalue weighted by atomic mass is 10.1. The molecule has 0 radical (unpaired) electrons. The van der Waals surface area contributed by atoms with E-state index in [1.165, 1.54) is 0 Å². The number of benzene rings is 1. The van der Waals surface area contributed by atoms with Crippen molar-refractivity contribution in [3.05, 3.63) is 35.4 Å². The minimum atomic E-state index is -0.912. The van der Waals surface area contributed by atoms with E-state index in [-0.39, 0.29) is 17.1 Å². The van der Waals surface area contributed by atoms with Gasteiger partial charge in [0.1, 0.15) is 11.6 Å². The first-order chi connectivity index (χ1) is 8.04. The van der Waals surface area contributed by atoms with Crippen molar-refractivity contribution in [1.82, 2.24) is 0 Å². The van der Waals surface area contributed by atoms with Gasteiger partial charge >= 0.3 is 0 Å². The van der Waals surface area contributed by atoms with Gasteiger partial charge in [-0.25, -0.2) is 8.78 Å². The van der Waals surface area contributed by atoms with E-state index in [1.807, 2.05) is 0 Å². The predicted octanol–water partition coefficient (Wildman–Crippen LogP) is 1.23. The van der Waals surface area contributed by atoms with Crippen molar-refractivity contribution in [2.24, 2.45) is 0 Å². The topological polar surface area (TPSA) is 57.5 Å². The van der Waals surface area contributed by atoms with Gasteiger partial charge in [-0.1, -0.05) is 0 Å². The molecule has 0 saturated heterocycles. The van der Waals surface area contributed by atoms with Crippen molar-refractivity contribution in [2.45, 2.75) is 6.10 Å². The van der Waals surface area contributed by atoms with Crippen LogP contribution < -0.4 is 0 Å². The molecule has 0 spiro atoms. The summed E-state index contributed by atoms with van der Waals surface area (Å²) in [7, 11) is 0. The molecule has 17 heavy (non-hydrogen) atoms. The lowest BCUT2D eigenvalue weighted by Gasteiger charge is -2.06. The fourth-order valence-electron chi connectivity index (χ4n) is 1.13. The van der Waals surface area contributed by atoms with E-state index in [2.05, 4.69) is 0 Å². The fraction of sp³-hybridized carbons (Fsp3) is 0.364. The van der Waals surface area contributed by atoms with Crippen LogP contribution in [0, 0.1) is 11.6 Å². The number of halogens is 2. The molecular formula is C11H12F2O3S. The van der Waals surface area contributed by atoms with Gasteiger partial charge in [-0.2, -0.15) is 11.8 Å². The Labute approximate surface area is 101 Å². The van der Waals surface area contributed by atoms with Gasteiger partial charge in [-0.3, -0.25) is 4.79 Å². The van der Waals surface area contributed by atoms with Gasteiger partial charge in [0, 0.05) is 5.75 Å². The molecule has 6 heteroatoms. The molecule has 1 atom stereocenters. The monoisotopic (exact) mass is 262 g/mol. The SMILES string of the molecule is O=C(CSCC(O)CO)c1cc(F)ccc1F. The van der Waals surface area contributed by atoms with Crippen LogP contribution in [0.25, 0.3) is 0 Å². The van der Waals surface area contributed by atoms with Gasteiger partial charge in [0.2, 0.25) is 0 Å². The predicted molar refractivity (Wildman–Crippen MR) is 61.1 cm³/mol. The number of carbonyl (C=O) groups excluding carboxylic acids is 1. The summed E-state index contributed by atoms with van der Waals surface area (Å²) in [4.78, 5) is 11.5. The molecule has 0 bridgehead atoms. The average Bonchev–Trinajstić information content (AvgIpc) is 2.31. The van der Waals surface area contributed by atoms with E-state index in [9.17, 15) is 13.6 Å². The Balaban J connectivity index is 2.55. The Hall–Kier alpha value is -0.980. The maximum Gasteiger partial charge on any atom is 0.175 e. The second-order valence-electron chi connectivity index (χ2n) is 3.40. The van der Waals surface area contributed by atoms with Crippen molar-refractivity contribution < 1.29 is 23.8 Å². The maximum absolute atomic E-state index is 13.2. The Morgan fingerprint density at radius 3 is 2.76 bits per heavy atom. The van der Waals surface area contributed by atoms with Crippen LogP contribution in [0.2, 0.25) is 0 Å². The lowest BCUT2D eigenvalue weighted by molar-refractivity contribution is 0.101. The number of carbonyl (C=O) groups is 1. The van der Waals surface area contributed by atoms with E-state index < -0.39 is 30.1 Å². The van der Waals surface area contributed by atoms with Crippen LogP contribution in [0.4, 0.5) is 8.78 Å². The number of hydrogen-bond acceptors (Lipinski definition) is 4. The standard InChI is InChI=1S/C11H12F2O3S/c12-7-1-2-10(13)9(3-7)11(16)6-17-5-8(15)4-14/h1-3,8,14-15H,4-6H2. The molecular weight excluding hydrogens is 250 g/mol. The van der Waals surface area contributed by atoms with E-state index >= 15 is 0 Å². The number of thioether (sulfide) groups is 1. The zero-order valence-electron chi connectivity index (χ0n) is 8.90. The quantitative estimate of drug-likeness (QED) is 0.757. The molecule has 0 fully saturated rings. The van der Waals surface area contributed by atoms with Crippen LogP contribution in [0.3, 0.4) is 0 Å². The lowest BCUT2D eigenvalue weighted by Crippen LogP contribution is -2.16. The fourth-order valence-corrected chi connectivity index (χ4v) is 1.97. The minimum absolute atomic E-state index is 0.0720. The third-order valence-corrected chi connectivity index (χ3v) is 3.07. The van der Waals surface area contributed by atoms with Gasteiger partial charge in [0.05, 0.1) is 24.0 Å². The van der Waals surface area contributed by atoms with Gasteiger partial charge < -0.3 is 10.2 Å². The highest BCUT2D eigenvalue weighted by Gasteiger charge is 2.13. The Bertz CT molecular complexity index is 398. The maximum atomic E-state index is 13.2. The number of rotatable bonds is 6. The highest BCUT2D eigenvalue weighted by molar-refractivity contribution is 8.00. The molecule has 0 aliphatic carbocycles. The van der Waals surface area contributed by atoms with Crippen LogP contribution >= 0.6 is 11.8 Å². The van der Waals surface area contributed by atoms with Crippen LogP contribution in [-0.4, -0.2) is 40.2 Å². The van der Waals surface area contributed by atoms with Crippen molar-refractivity contribution in [1.29, 1.82) is 0 Å². The second-order valence-corrected chi connectivity index (χ2v) is 4.43. The number of aliphatic hydroxyl groups is 2. The highest BCUT2D eigenvalue weighted by atomic mass is 32.2. The number of Topliss-reactive ketones (excluding diaryl/α,β-unsaturated/α-hetero) is 1. The molecule has 0 aromatic heterocycles. The number of hydrogen-bond donors (Lipinski definition) is 2. The Kier molecular flexibility index (Phi) is 5.54. The number of ketones is 1. The van der Waals surface area contributed by atoms with Crippen molar-refractivity contribution in [3.63, 3.8) is 0 Å². The highest BCUT2D eigenvalue weighted by Crippen LogP contribution is 2.13. The first-order valence-corrected chi connectivity index (χ1v) is 6.05. The van der Waals surface area contributed by atoms with Gasteiger partial charge in [0.15, 0.2) is 5.78 Å². The average molecular weight is 262 g/mol. The van der Waals surface area contributed by atoms with Crippen LogP contribution in [0.1, 0.15) is 10.4 Å². The molecule has 1 unspecified atom stereocenters. The van der Waals surface area contributed by atoms with E-state index in [4.69, 9.17) is 10.2 Å². The number of aliphatic hydroxyl groups excluding tert-OH is 2. The molecule has 0 aliphatic rings. The zero-order valence-corrected chi connectivity index (χ0v) is 9.71. The molecule has 0 saturated carbocycles. The minimum Gasteiger partial charge on any atom is -0.394 e. The summed E-state index contributed by atoms with van der Waals surface area (Å²) in [6.45, 7) is -0.393. The molecule has 2 N–H and O–H groups in total. The molecule has 0 aliphatic heterocycles. The van der Waals surface area contributed by atoms with Gasteiger partial charge in [-0.05, 0) is 18.2 Å². The van der Waals surface area contributed by atoms with Crippen LogP contribution in [0.5, 0.6) is 0 Å². The molecule has 94 valence electrons. The normalized spacial score (nSPS) is 12.5. The molecule has 3 nitrogen and oxygen atoms in total. The Morgan fingerprint density at radius 2 is 2.12 bits per heavy atom. The van der Waals surface area contributed by atoms with Crippen LogP contribution in [0.15, 0.2) is 18.2 Å². The molecule has 0 amide bonds. The van der Waals surface area contributed by atoms with Crippen molar-refractivity contribution in [2.75, 3.05) is 18.1 Å². The zero-order chi connectivity index (χ0) is 12.8. The molecule has 1 rings (SSSR count). The summed E-state index contributed by atoms with van der Waals surface area (Å²) in [5, 5.41) is 17.6. The summed E-state index contributed by atoms with van der Waals surface area (Å²) in [6, 6.07) is 2.69. The Morgan fingerprint density at radius 1 is 1.41 bits per heavy atom. The molecule has 0 heterocycles. The second kappa shape index (κ2) is 6.68. The third-order valence-electron chi connectivity index (χ3n) is 1.98. The van der Waals surface area contributed by atoms with E-state index in [1.54, 1.807) is 0 Å². The van der Waals surface area contributed by atoms with Crippen LogP contribution in [-0.2, 0) is 0 Å². The molecule has 1 aromatic carbocycles. The van der Waals surface area contributed by atoms with Crippen molar-refractivity contribution in [3.8, 4) is 0 Å². The smallest absolute Gasteiger partial charge is 0.175 e. The summed E-state index contributed by atoms with van der Waals surface area (Å²) in [5.41, 5.74) is -0.295. The van der Waals surface area contributed by atoms with Crippen molar-refractivity contribution >= 4 is 17.5 Å². The summed E-state index contributed by atoms with van der Waals surface area (Å²) >= 11 is 1.05. The first kappa shape index (κ1) is 14.1. The largest absolute Gasteiger partial charge is 0.394 e. The summed E-state index contributed by atoms with van der Waals surface area (Å²) in [6.07, 6.45) is -0.912. The third kappa shape index (κ3) is 4.41. The summed E-state index contributed by atoms with van der Waals surface area (Å²) < 4.78 is 26.0. The summed E-state index contributed by atoms with van der Waals surface area (Å²) in [5.74, 6) is -1.89. The van der Waals surface area contributed by atoms with E-state index in [0.717, 1.165) is 30.0 Å². The van der Waals surface area contributed by atoms with Gasteiger partial charge in [0.25, 0.3) is 0 Å².